The van der Waals surface area contributed by atoms with Gasteiger partial charge in [0.1, 0.15) is 5.03 Å². The van der Waals surface area contributed by atoms with Crippen molar-refractivity contribution in [3.63, 3.8) is 0 Å². The number of hydrogen-bond acceptors (Lipinski definition) is 8. The number of carboxylic acids is 1. The van der Waals surface area contributed by atoms with Crippen LogP contribution < -0.4 is 4.90 Å². The number of pyridine rings is 1. The van der Waals surface area contributed by atoms with E-state index in [1.165, 1.54) is 17.8 Å². The molecular weight excluding hydrogens is 568 g/mol. The monoisotopic (exact) mass is 596 g/mol. The number of aliphatic hydroxyl groups is 1. The molecule has 2 amide bonds. The Labute approximate surface area is 252 Å². The van der Waals surface area contributed by atoms with Gasteiger partial charge in [-0.15, -0.1) is 11.8 Å². The summed E-state index contributed by atoms with van der Waals surface area (Å²) in [5, 5.41) is 19.5. The number of hydrogen-bond donors (Lipinski definition) is 2. The van der Waals surface area contributed by atoms with Crippen molar-refractivity contribution in [2.45, 2.75) is 37.1 Å². The Morgan fingerprint density at radius 3 is 2.16 bits per heavy atom. The van der Waals surface area contributed by atoms with Gasteiger partial charge >= 0.3 is 5.97 Å². The summed E-state index contributed by atoms with van der Waals surface area (Å²) in [6.45, 7) is 1.95. The van der Waals surface area contributed by atoms with Crippen LogP contribution in [0.5, 0.6) is 0 Å². The van der Waals surface area contributed by atoms with Crippen LogP contribution in [0.3, 0.4) is 0 Å². The second-order valence-corrected chi connectivity index (χ2v) is 11.4. The summed E-state index contributed by atoms with van der Waals surface area (Å²) >= 11 is 1.31. The Morgan fingerprint density at radius 1 is 0.884 bits per heavy atom. The van der Waals surface area contributed by atoms with Crippen molar-refractivity contribution in [1.29, 1.82) is 0 Å². The first-order valence-electron chi connectivity index (χ1n) is 13.7. The van der Waals surface area contributed by atoms with Gasteiger partial charge < -0.3 is 19.7 Å². The third-order valence-electron chi connectivity index (χ3n) is 7.73. The SMILES string of the molecule is C[C@H]1[C@@H](CSc2ncccc2C(=O)O)O[C@@H](c2ccc(N3C(=O)c4ccccc4C3=O)cc2)O[C@H]1c1ccc(CO)cc1. The van der Waals surface area contributed by atoms with Crippen molar-refractivity contribution in [2.24, 2.45) is 5.92 Å². The molecule has 9 nitrogen and oxygen atoms in total. The second kappa shape index (κ2) is 12.1. The van der Waals surface area contributed by atoms with Crippen LogP contribution in [-0.4, -0.2) is 44.8 Å². The number of carboxylic acid groups (broad SMARTS) is 1. The fourth-order valence-corrected chi connectivity index (χ4v) is 6.49. The van der Waals surface area contributed by atoms with E-state index in [0.29, 0.717) is 33.2 Å². The lowest BCUT2D eigenvalue weighted by Gasteiger charge is -2.41. The van der Waals surface area contributed by atoms with E-state index in [-0.39, 0.29) is 42.1 Å². The van der Waals surface area contributed by atoms with E-state index < -0.39 is 12.3 Å². The highest BCUT2D eigenvalue weighted by atomic mass is 32.2. The zero-order valence-corrected chi connectivity index (χ0v) is 23.9. The molecule has 2 aliphatic rings. The summed E-state index contributed by atoms with van der Waals surface area (Å²) in [6, 6.07) is 24.4. The highest BCUT2D eigenvalue weighted by Gasteiger charge is 2.39. The summed E-state index contributed by atoms with van der Waals surface area (Å²) in [6.07, 6.45) is 0.0811. The number of fused-ring (bicyclic) bond motifs is 1. The molecule has 0 spiro atoms. The number of thioether (sulfide) groups is 1. The fraction of sp³-hybridized carbons (Fsp3) is 0.212. The number of amides is 2. The van der Waals surface area contributed by atoms with E-state index in [1.807, 2.05) is 31.2 Å². The molecule has 2 aliphatic heterocycles. The first-order chi connectivity index (χ1) is 20.9. The molecule has 1 fully saturated rings. The van der Waals surface area contributed by atoms with Gasteiger partial charge in [0.25, 0.3) is 11.8 Å². The van der Waals surface area contributed by atoms with Crippen LogP contribution in [0.25, 0.3) is 0 Å². The van der Waals surface area contributed by atoms with Crippen LogP contribution in [0.4, 0.5) is 5.69 Å². The normalized spacial score (nSPS) is 21.6. The zero-order valence-electron chi connectivity index (χ0n) is 23.1. The summed E-state index contributed by atoms with van der Waals surface area (Å²) in [4.78, 5) is 43.1. The number of aromatic nitrogens is 1. The largest absolute Gasteiger partial charge is 0.478 e. The first-order valence-corrected chi connectivity index (χ1v) is 14.7. The molecule has 1 saturated heterocycles. The van der Waals surface area contributed by atoms with Gasteiger partial charge in [0.05, 0.1) is 41.2 Å². The van der Waals surface area contributed by atoms with E-state index in [9.17, 15) is 24.6 Å². The van der Waals surface area contributed by atoms with Gasteiger partial charge in [0, 0.05) is 23.4 Å². The number of rotatable bonds is 8. The van der Waals surface area contributed by atoms with Gasteiger partial charge in [-0.25, -0.2) is 14.7 Å². The lowest BCUT2D eigenvalue weighted by molar-refractivity contribution is -0.268. The van der Waals surface area contributed by atoms with Crippen molar-refractivity contribution in [1.82, 2.24) is 4.98 Å². The van der Waals surface area contributed by atoms with Gasteiger partial charge in [0.15, 0.2) is 6.29 Å². The van der Waals surface area contributed by atoms with Crippen LogP contribution in [0.15, 0.2) is 96.2 Å². The van der Waals surface area contributed by atoms with Crippen LogP contribution >= 0.6 is 11.8 Å². The number of imide groups is 1. The van der Waals surface area contributed by atoms with E-state index in [4.69, 9.17) is 9.47 Å². The number of carbonyl (C=O) groups excluding carboxylic acids is 2. The third-order valence-corrected chi connectivity index (χ3v) is 8.82. The highest BCUT2D eigenvalue weighted by Crippen LogP contribution is 2.43. The molecular formula is C33H28N2O7S. The van der Waals surface area contributed by atoms with Crippen molar-refractivity contribution in [3.8, 4) is 0 Å². The molecule has 1 aromatic heterocycles. The lowest BCUT2D eigenvalue weighted by Crippen LogP contribution is -2.38. The van der Waals surface area contributed by atoms with Gasteiger partial charge in [-0.1, -0.05) is 55.5 Å². The molecule has 4 atom stereocenters. The standard InChI is InChI=1S/C33H28N2O7S/c1-19-27(18-43-29-26(32(39)40)7-4-16-34-29)41-33(42-28(19)21-10-8-20(17-36)9-11-21)22-12-14-23(15-13-22)35-30(37)24-5-2-3-6-25(24)31(35)38/h2-16,19,27-28,33,36H,17-18H2,1H3,(H,39,40)/t19-,27+,28+,33+/m0/s1. The average molecular weight is 597 g/mol. The summed E-state index contributed by atoms with van der Waals surface area (Å²) in [5.41, 5.74) is 3.72. The van der Waals surface area contributed by atoms with Crippen molar-refractivity contribution >= 4 is 35.2 Å². The Kier molecular flexibility index (Phi) is 8.09. The Balaban J connectivity index is 1.26. The molecule has 6 rings (SSSR count). The number of anilines is 1. The number of benzene rings is 3. The van der Waals surface area contributed by atoms with Crippen LogP contribution in [0, 0.1) is 5.92 Å². The maximum atomic E-state index is 13.0. The third kappa shape index (κ3) is 5.57. The minimum absolute atomic E-state index is 0.0677. The summed E-state index contributed by atoms with van der Waals surface area (Å²) in [7, 11) is 0. The predicted octanol–water partition coefficient (Wildman–Crippen LogP) is 5.66. The molecule has 218 valence electrons. The van der Waals surface area contributed by atoms with E-state index >= 15 is 0 Å². The van der Waals surface area contributed by atoms with Gasteiger partial charge in [-0.3, -0.25) is 9.59 Å². The van der Waals surface area contributed by atoms with Crippen molar-refractivity contribution in [3.05, 3.63) is 125 Å². The molecule has 0 bridgehead atoms. The molecule has 3 heterocycles. The predicted molar refractivity (Wildman–Crippen MR) is 159 cm³/mol. The topological polar surface area (TPSA) is 126 Å². The number of nitrogens with zero attached hydrogens (tertiary/aromatic N) is 2. The Bertz CT molecular complexity index is 1640. The zero-order chi connectivity index (χ0) is 30.1. The lowest BCUT2D eigenvalue weighted by atomic mass is 9.91. The highest BCUT2D eigenvalue weighted by molar-refractivity contribution is 7.99. The maximum absolute atomic E-state index is 13.0. The molecule has 0 unspecified atom stereocenters. The van der Waals surface area contributed by atoms with Gasteiger partial charge in [-0.2, -0.15) is 0 Å². The molecule has 4 aromatic rings. The van der Waals surface area contributed by atoms with Gasteiger partial charge in [-0.05, 0) is 47.5 Å². The number of aromatic carboxylic acids is 1. The van der Waals surface area contributed by atoms with Crippen molar-refractivity contribution in [2.75, 3.05) is 10.7 Å². The molecule has 0 aliphatic carbocycles. The molecule has 0 saturated carbocycles. The molecule has 2 N–H and O–H groups in total. The second-order valence-electron chi connectivity index (χ2n) is 10.4. The minimum atomic E-state index is -1.05. The number of aliphatic hydroxyl groups excluding tert-OH is 1. The summed E-state index contributed by atoms with van der Waals surface area (Å²) in [5.74, 6) is -1.47. The van der Waals surface area contributed by atoms with E-state index in [0.717, 1.165) is 16.0 Å². The number of carbonyl (C=O) groups is 3. The van der Waals surface area contributed by atoms with Crippen LogP contribution in [0.1, 0.15) is 67.1 Å². The van der Waals surface area contributed by atoms with E-state index in [1.54, 1.807) is 60.8 Å². The number of ether oxygens (including phenoxy) is 2. The quantitative estimate of drug-likeness (QED) is 0.196. The van der Waals surface area contributed by atoms with Crippen molar-refractivity contribution < 1.29 is 34.1 Å². The molecule has 0 radical (unpaired) electrons. The average Bonchev–Trinajstić information content (AvgIpc) is 3.30. The van der Waals surface area contributed by atoms with Crippen LogP contribution in [0.2, 0.25) is 0 Å². The fourth-order valence-electron chi connectivity index (χ4n) is 5.34. The molecule has 43 heavy (non-hydrogen) atoms. The Morgan fingerprint density at radius 2 is 1.53 bits per heavy atom. The van der Waals surface area contributed by atoms with E-state index in [2.05, 4.69) is 4.98 Å². The summed E-state index contributed by atoms with van der Waals surface area (Å²) < 4.78 is 13.0. The molecule has 3 aromatic carbocycles. The minimum Gasteiger partial charge on any atom is -0.478 e. The smallest absolute Gasteiger partial charge is 0.338 e. The maximum Gasteiger partial charge on any atom is 0.338 e. The van der Waals surface area contributed by atoms with Gasteiger partial charge in [0.2, 0.25) is 0 Å². The Hall–Kier alpha value is -4.35. The van der Waals surface area contributed by atoms with Crippen LogP contribution in [-0.2, 0) is 16.1 Å². The first kappa shape index (κ1) is 28.8. The molecule has 10 heteroatoms.